The molecule has 0 heterocycles. The van der Waals surface area contributed by atoms with Crippen molar-refractivity contribution in [2.24, 2.45) is 5.73 Å². The van der Waals surface area contributed by atoms with Crippen LogP contribution < -0.4 is 11.1 Å². The van der Waals surface area contributed by atoms with E-state index in [1.165, 1.54) is 11.1 Å². The maximum atomic E-state index is 11.9. The van der Waals surface area contributed by atoms with Crippen LogP contribution in [-0.2, 0) is 4.74 Å². The van der Waals surface area contributed by atoms with Gasteiger partial charge in [-0.1, -0.05) is 59.7 Å². The van der Waals surface area contributed by atoms with Gasteiger partial charge in [0.15, 0.2) is 6.10 Å². The first-order chi connectivity index (χ1) is 10.6. The lowest BCUT2D eigenvalue weighted by molar-refractivity contribution is 0.117. The summed E-state index contributed by atoms with van der Waals surface area (Å²) in [5.41, 5.74) is 9.61. The summed E-state index contributed by atoms with van der Waals surface area (Å²) in [5.74, 6) is 0. The smallest absolute Gasteiger partial charge is 0.408 e. The average Bonchev–Trinajstić information content (AvgIpc) is 2.52. The lowest BCUT2D eigenvalue weighted by atomic mass is 9.99. The molecule has 0 aliphatic heterocycles. The van der Waals surface area contributed by atoms with E-state index < -0.39 is 12.2 Å². The Morgan fingerprint density at radius 2 is 1.45 bits per heavy atom. The first-order valence-corrected chi connectivity index (χ1v) is 7.38. The monoisotopic (exact) mass is 298 g/mol. The summed E-state index contributed by atoms with van der Waals surface area (Å²) in [5, 5.41) is 2.64. The van der Waals surface area contributed by atoms with Gasteiger partial charge in [0.2, 0.25) is 0 Å². The molecule has 0 radical (unpaired) electrons. The predicted octanol–water partition coefficient (Wildman–Crippen LogP) is 3.08. The van der Waals surface area contributed by atoms with Gasteiger partial charge in [-0.25, -0.2) is 4.79 Å². The van der Waals surface area contributed by atoms with Crippen molar-refractivity contribution in [3.05, 3.63) is 70.8 Å². The fourth-order valence-electron chi connectivity index (χ4n) is 2.13. The summed E-state index contributed by atoms with van der Waals surface area (Å²) in [7, 11) is 0. The number of carbonyl (C=O) groups is 1. The van der Waals surface area contributed by atoms with Crippen LogP contribution in [0, 0.1) is 13.8 Å². The Labute approximate surface area is 131 Å². The van der Waals surface area contributed by atoms with E-state index in [4.69, 9.17) is 10.5 Å². The van der Waals surface area contributed by atoms with Crippen LogP contribution in [0.4, 0.5) is 4.79 Å². The van der Waals surface area contributed by atoms with Crippen LogP contribution in [0.5, 0.6) is 0 Å². The van der Waals surface area contributed by atoms with E-state index in [1.807, 2.05) is 62.4 Å². The summed E-state index contributed by atoms with van der Waals surface area (Å²) < 4.78 is 5.60. The summed E-state index contributed by atoms with van der Waals surface area (Å²) in [6, 6.07) is 16.0. The summed E-state index contributed by atoms with van der Waals surface area (Å²) >= 11 is 0. The van der Waals surface area contributed by atoms with Gasteiger partial charge in [0.05, 0.1) is 0 Å². The van der Waals surface area contributed by atoms with Gasteiger partial charge in [-0.05, 0) is 25.0 Å². The van der Waals surface area contributed by atoms with Crippen molar-refractivity contribution >= 4 is 6.09 Å². The number of nitrogens with one attached hydrogen (secondary N) is 1. The third-order valence-electron chi connectivity index (χ3n) is 3.40. The van der Waals surface area contributed by atoms with Crippen LogP contribution in [0.25, 0.3) is 0 Å². The standard InChI is InChI=1S/C18H22N2O2/c1-13-3-7-15(8-4-13)17(22-18(21)20-12-11-19)16-9-5-14(2)6-10-16/h3-10,17H,11-12,19H2,1-2H3,(H,20,21). The van der Waals surface area contributed by atoms with Gasteiger partial charge in [-0.15, -0.1) is 0 Å². The topological polar surface area (TPSA) is 64.3 Å². The molecule has 0 fully saturated rings. The van der Waals surface area contributed by atoms with Gasteiger partial charge in [-0.3, -0.25) is 0 Å². The molecule has 2 rings (SSSR count). The summed E-state index contributed by atoms with van der Waals surface area (Å²) in [6.45, 7) is 4.83. The molecule has 0 aromatic heterocycles. The molecule has 22 heavy (non-hydrogen) atoms. The minimum atomic E-state index is -0.461. The van der Waals surface area contributed by atoms with Crippen LogP contribution in [0.2, 0.25) is 0 Å². The molecule has 4 heteroatoms. The normalized spacial score (nSPS) is 10.5. The number of aryl methyl sites for hydroxylation is 2. The van der Waals surface area contributed by atoms with Gasteiger partial charge >= 0.3 is 6.09 Å². The highest BCUT2D eigenvalue weighted by atomic mass is 16.6. The number of amides is 1. The molecular weight excluding hydrogens is 276 g/mol. The van der Waals surface area contributed by atoms with E-state index in [2.05, 4.69) is 5.32 Å². The molecule has 4 nitrogen and oxygen atoms in total. The van der Waals surface area contributed by atoms with Crippen LogP contribution in [-0.4, -0.2) is 19.2 Å². The predicted molar refractivity (Wildman–Crippen MR) is 87.7 cm³/mol. The Morgan fingerprint density at radius 1 is 1.00 bits per heavy atom. The first kappa shape index (κ1) is 16.0. The Bertz CT molecular complexity index is 560. The lowest BCUT2D eigenvalue weighted by Gasteiger charge is -2.19. The number of carbonyl (C=O) groups excluding carboxylic acids is 1. The molecule has 2 aromatic rings. The van der Waals surface area contributed by atoms with Gasteiger partial charge in [0.25, 0.3) is 0 Å². The Morgan fingerprint density at radius 3 is 1.86 bits per heavy atom. The quantitative estimate of drug-likeness (QED) is 0.891. The van der Waals surface area contributed by atoms with Crippen LogP contribution >= 0.6 is 0 Å². The number of nitrogens with two attached hydrogens (primary N) is 1. The van der Waals surface area contributed by atoms with Crippen molar-refractivity contribution in [1.29, 1.82) is 0 Å². The highest BCUT2D eigenvalue weighted by Gasteiger charge is 2.18. The Kier molecular flexibility index (Phi) is 5.55. The second kappa shape index (κ2) is 7.61. The fourth-order valence-corrected chi connectivity index (χ4v) is 2.13. The van der Waals surface area contributed by atoms with E-state index in [0.29, 0.717) is 13.1 Å². The van der Waals surface area contributed by atoms with E-state index >= 15 is 0 Å². The number of hydrogen-bond donors (Lipinski definition) is 2. The van der Waals surface area contributed by atoms with Crippen molar-refractivity contribution in [3.8, 4) is 0 Å². The molecule has 0 bridgehead atoms. The van der Waals surface area contributed by atoms with E-state index in [1.54, 1.807) is 0 Å². The Balaban J connectivity index is 2.25. The van der Waals surface area contributed by atoms with Gasteiger partial charge in [0, 0.05) is 13.1 Å². The Hall–Kier alpha value is -2.33. The average molecular weight is 298 g/mol. The van der Waals surface area contributed by atoms with Crippen molar-refractivity contribution in [1.82, 2.24) is 5.32 Å². The largest absolute Gasteiger partial charge is 0.436 e. The minimum Gasteiger partial charge on any atom is -0.436 e. The number of alkyl carbamates (subject to hydrolysis) is 1. The van der Waals surface area contributed by atoms with Crippen LogP contribution in [0.15, 0.2) is 48.5 Å². The number of benzene rings is 2. The molecule has 1 amide bonds. The van der Waals surface area contributed by atoms with Gasteiger partial charge in [-0.2, -0.15) is 0 Å². The third kappa shape index (κ3) is 4.33. The molecule has 0 saturated carbocycles. The molecular formula is C18H22N2O2. The minimum absolute atomic E-state index is 0.384. The maximum absolute atomic E-state index is 11.9. The van der Waals surface area contributed by atoms with Crippen molar-refractivity contribution in [2.45, 2.75) is 20.0 Å². The number of rotatable bonds is 5. The van der Waals surface area contributed by atoms with Crippen molar-refractivity contribution in [3.63, 3.8) is 0 Å². The first-order valence-electron chi connectivity index (χ1n) is 7.38. The molecule has 0 spiro atoms. The van der Waals surface area contributed by atoms with Crippen molar-refractivity contribution in [2.75, 3.05) is 13.1 Å². The summed E-state index contributed by atoms with van der Waals surface area (Å²) in [4.78, 5) is 11.9. The third-order valence-corrected chi connectivity index (χ3v) is 3.40. The molecule has 0 atom stereocenters. The van der Waals surface area contributed by atoms with Gasteiger partial charge < -0.3 is 15.8 Å². The van der Waals surface area contributed by atoms with E-state index in [0.717, 1.165) is 11.1 Å². The molecule has 2 aromatic carbocycles. The van der Waals surface area contributed by atoms with E-state index in [9.17, 15) is 4.79 Å². The molecule has 116 valence electrons. The lowest BCUT2D eigenvalue weighted by Crippen LogP contribution is -2.30. The molecule has 0 aliphatic rings. The van der Waals surface area contributed by atoms with Gasteiger partial charge in [0.1, 0.15) is 0 Å². The second-order valence-electron chi connectivity index (χ2n) is 5.32. The van der Waals surface area contributed by atoms with Crippen LogP contribution in [0.1, 0.15) is 28.4 Å². The fraction of sp³-hybridized carbons (Fsp3) is 0.278. The second-order valence-corrected chi connectivity index (χ2v) is 5.32. The zero-order chi connectivity index (χ0) is 15.9. The highest BCUT2D eigenvalue weighted by molar-refractivity contribution is 5.68. The SMILES string of the molecule is Cc1ccc(C(OC(=O)NCCN)c2ccc(C)cc2)cc1. The molecule has 0 saturated heterocycles. The highest BCUT2D eigenvalue weighted by Crippen LogP contribution is 2.26. The molecule has 0 aliphatic carbocycles. The number of ether oxygens (including phenoxy) is 1. The molecule has 0 unspecified atom stereocenters. The van der Waals surface area contributed by atoms with Crippen molar-refractivity contribution < 1.29 is 9.53 Å². The zero-order valence-electron chi connectivity index (χ0n) is 13.0. The zero-order valence-corrected chi connectivity index (χ0v) is 13.0. The number of hydrogen-bond acceptors (Lipinski definition) is 3. The molecule has 3 N–H and O–H groups in total. The van der Waals surface area contributed by atoms with E-state index in [-0.39, 0.29) is 0 Å². The maximum Gasteiger partial charge on any atom is 0.408 e. The summed E-state index contributed by atoms with van der Waals surface area (Å²) in [6.07, 6.45) is -0.893. The van der Waals surface area contributed by atoms with Crippen LogP contribution in [0.3, 0.4) is 0 Å².